The van der Waals surface area contributed by atoms with Gasteiger partial charge in [0.25, 0.3) is 0 Å². The number of fused-ring (bicyclic) bond motifs is 6. The van der Waals surface area contributed by atoms with Gasteiger partial charge in [-0.05, 0) is 111 Å². The maximum absolute atomic E-state index is 11.9. The van der Waals surface area contributed by atoms with Crippen LogP contribution in [0, 0.1) is 44.3 Å². The highest BCUT2D eigenvalue weighted by molar-refractivity contribution is 5.66. The molecule has 0 aromatic rings. The van der Waals surface area contributed by atoms with Gasteiger partial charge in [-0.3, -0.25) is 4.79 Å². The molecule has 1 aliphatic heterocycles. The van der Waals surface area contributed by atoms with Crippen molar-refractivity contribution in [3.05, 3.63) is 11.1 Å². The lowest BCUT2D eigenvalue weighted by molar-refractivity contribution is -0.259. The number of carbonyl (C=O) groups excluding carboxylic acids is 1. The lowest BCUT2D eigenvalue weighted by Crippen LogP contribution is -2.63. The van der Waals surface area contributed by atoms with Crippen LogP contribution in [0.3, 0.4) is 0 Å². The topological polar surface area (TPSA) is 44.8 Å². The molecule has 8 atom stereocenters. The summed E-state index contributed by atoms with van der Waals surface area (Å²) < 4.78 is 18.6. The van der Waals surface area contributed by atoms with E-state index >= 15 is 0 Å². The summed E-state index contributed by atoms with van der Waals surface area (Å²) in [6.45, 7) is 23.1. The monoisotopic (exact) mass is 540 g/mol. The molecule has 4 fully saturated rings. The first-order chi connectivity index (χ1) is 18.0. The molecule has 6 aliphatic rings. The van der Waals surface area contributed by atoms with E-state index in [0.717, 1.165) is 26.1 Å². The summed E-state index contributed by atoms with van der Waals surface area (Å²) >= 11 is 0. The van der Waals surface area contributed by atoms with Crippen molar-refractivity contribution in [2.24, 2.45) is 44.3 Å². The molecule has 5 aliphatic carbocycles. The zero-order valence-corrected chi connectivity index (χ0v) is 26.6. The fraction of sp³-hybridized carbons (Fsp3) is 0.914. The first-order valence-corrected chi connectivity index (χ1v) is 16.2. The first kappa shape index (κ1) is 28.3. The molecule has 0 aromatic carbocycles. The van der Waals surface area contributed by atoms with Crippen molar-refractivity contribution in [2.75, 3.05) is 13.2 Å². The van der Waals surface area contributed by atoms with Gasteiger partial charge in [-0.25, -0.2) is 0 Å². The Balaban J connectivity index is 1.37. The van der Waals surface area contributed by atoms with Crippen molar-refractivity contribution in [3.63, 3.8) is 0 Å². The highest BCUT2D eigenvalue weighted by atomic mass is 16.7. The number of ether oxygens (including phenoxy) is 3. The van der Waals surface area contributed by atoms with E-state index in [-0.39, 0.29) is 33.7 Å². The lowest BCUT2D eigenvalue weighted by atomic mass is 9.35. The zero-order chi connectivity index (χ0) is 28.3. The number of allylic oxidation sites excluding steroid dienone is 2. The molecule has 1 heterocycles. The highest BCUT2D eigenvalue weighted by Crippen LogP contribution is 2.75. The fourth-order valence-electron chi connectivity index (χ4n) is 12.0. The summed E-state index contributed by atoms with van der Waals surface area (Å²) in [4.78, 5) is 11.9. The highest BCUT2D eigenvalue weighted by Gasteiger charge is 2.68. The third kappa shape index (κ3) is 3.64. The molecule has 4 heteroatoms. The van der Waals surface area contributed by atoms with E-state index in [1.807, 2.05) is 11.1 Å². The Kier molecular flexibility index (Phi) is 6.22. The minimum absolute atomic E-state index is 0.00586. The molecule has 4 nitrogen and oxygen atoms in total. The minimum atomic E-state index is -0.449. The van der Waals surface area contributed by atoms with E-state index in [1.165, 1.54) is 57.8 Å². The molecule has 0 amide bonds. The second kappa shape index (κ2) is 8.59. The predicted molar refractivity (Wildman–Crippen MR) is 155 cm³/mol. The van der Waals surface area contributed by atoms with Crippen LogP contribution >= 0.6 is 0 Å². The third-order valence-electron chi connectivity index (χ3n) is 14.9. The van der Waals surface area contributed by atoms with Crippen molar-refractivity contribution >= 4 is 5.97 Å². The van der Waals surface area contributed by atoms with Crippen LogP contribution in [0.5, 0.6) is 0 Å². The second-order valence-corrected chi connectivity index (χ2v) is 16.8. The van der Waals surface area contributed by atoms with E-state index in [0.29, 0.717) is 22.7 Å². The number of carbonyl (C=O) groups is 1. The largest absolute Gasteiger partial charge is 0.462 e. The molecule has 39 heavy (non-hydrogen) atoms. The van der Waals surface area contributed by atoms with Gasteiger partial charge in [0, 0.05) is 17.8 Å². The molecular weight excluding hydrogens is 484 g/mol. The van der Waals surface area contributed by atoms with Gasteiger partial charge in [0.05, 0.1) is 13.2 Å². The van der Waals surface area contributed by atoms with Crippen molar-refractivity contribution < 1.29 is 19.0 Å². The number of hydrogen-bond acceptors (Lipinski definition) is 4. The van der Waals surface area contributed by atoms with E-state index in [9.17, 15) is 4.79 Å². The van der Waals surface area contributed by atoms with Crippen LogP contribution in [0.1, 0.15) is 133 Å². The normalized spacial score (nSPS) is 50.3. The maximum atomic E-state index is 11.9. The Morgan fingerprint density at radius 3 is 2.10 bits per heavy atom. The first-order valence-electron chi connectivity index (χ1n) is 16.2. The third-order valence-corrected chi connectivity index (χ3v) is 14.9. The van der Waals surface area contributed by atoms with Crippen molar-refractivity contribution in [2.45, 2.75) is 145 Å². The molecule has 0 bridgehead atoms. The number of hydrogen-bond donors (Lipinski definition) is 0. The molecule has 0 unspecified atom stereocenters. The number of esters is 1. The summed E-state index contributed by atoms with van der Waals surface area (Å²) in [5.41, 5.74) is 4.90. The van der Waals surface area contributed by atoms with Gasteiger partial charge in [0.2, 0.25) is 0 Å². The van der Waals surface area contributed by atoms with Crippen molar-refractivity contribution in [1.82, 2.24) is 0 Å². The smallest absolute Gasteiger partial charge is 0.302 e. The fourth-order valence-corrected chi connectivity index (χ4v) is 12.0. The summed E-state index contributed by atoms with van der Waals surface area (Å²) in [7, 11) is 0. The van der Waals surface area contributed by atoms with Gasteiger partial charge < -0.3 is 14.2 Å². The van der Waals surface area contributed by atoms with Crippen LogP contribution < -0.4 is 0 Å². The van der Waals surface area contributed by atoms with Crippen LogP contribution in [-0.4, -0.2) is 31.1 Å². The van der Waals surface area contributed by atoms with Gasteiger partial charge in [0.15, 0.2) is 5.79 Å². The van der Waals surface area contributed by atoms with Crippen LogP contribution in [0.25, 0.3) is 0 Å². The number of rotatable bonds is 2. The van der Waals surface area contributed by atoms with E-state index in [1.54, 1.807) is 6.92 Å². The van der Waals surface area contributed by atoms with Gasteiger partial charge in [0.1, 0.15) is 6.10 Å². The Morgan fingerprint density at radius 2 is 1.44 bits per heavy atom. The van der Waals surface area contributed by atoms with E-state index in [4.69, 9.17) is 14.2 Å². The summed E-state index contributed by atoms with van der Waals surface area (Å²) in [5, 5.41) is 0. The van der Waals surface area contributed by atoms with Gasteiger partial charge in [-0.1, -0.05) is 59.6 Å². The lowest BCUT2D eigenvalue weighted by Gasteiger charge is -2.70. The minimum Gasteiger partial charge on any atom is -0.462 e. The molecule has 3 saturated carbocycles. The molecule has 0 aromatic heterocycles. The van der Waals surface area contributed by atoms with Crippen molar-refractivity contribution in [1.29, 1.82) is 0 Å². The summed E-state index contributed by atoms with van der Waals surface area (Å²) in [6.07, 6.45) is 13.6. The van der Waals surface area contributed by atoms with Gasteiger partial charge in [-0.15, -0.1) is 0 Å². The Labute approximate surface area is 238 Å². The molecule has 220 valence electrons. The summed E-state index contributed by atoms with van der Waals surface area (Å²) in [5.74, 6) is 0.677. The van der Waals surface area contributed by atoms with E-state index < -0.39 is 5.79 Å². The van der Waals surface area contributed by atoms with Crippen LogP contribution in [0.2, 0.25) is 0 Å². The molecule has 0 spiro atoms. The van der Waals surface area contributed by atoms with Crippen LogP contribution in [0.15, 0.2) is 11.1 Å². The van der Waals surface area contributed by atoms with E-state index in [2.05, 4.69) is 55.4 Å². The second-order valence-electron chi connectivity index (χ2n) is 16.8. The van der Waals surface area contributed by atoms with Gasteiger partial charge >= 0.3 is 5.97 Å². The molecule has 0 N–H and O–H groups in total. The Bertz CT molecular complexity index is 1070. The molecule has 0 radical (unpaired) electrons. The average molecular weight is 541 g/mol. The van der Waals surface area contributed by atoms with Gasteiger partial charge in [-0.2, -0.15) is 0 Å². The molecular formula is C35H56O4. The quantitative estimate of drug-likeness (QED) is 0.260. The summed E-state index contributed by atoms with van der Waals surface area (Å²) in [6, 6.07) is 0. The van der Waals surface area contributed by atoms with Crippen molar-refractivity contribution in [3.8, 4) is 0 Å². The molecule has 6 rings (SSSR count). The van der Waals surface area contributed by atoms with Crippen LogP contribution in [-0.2, 0) is 19.0 Å². The zero-order valence-electron chi connectivity index (χ0n) is 26.6. The average Bonchev–Trinajstić information content (AvgIpc) is 3.31. The Hall–Kier alpha value is -0.870. The maximum Gasteiger partial charge on any atom is 0.302 e. The standard InChI is InChI=1S/C35H56O4/c1-23(36)39-28-13-14-32(6)24-12-15-34(8)27-22-31(5,35(9)37-20-21-38-35)18-16-30(27,4)17-19-33(34,7)25(24)10-11-26(32)29(28,2)3/h26-28H,10-22H2,1-9H3/t26-,27+,28-,30+,31+,32+,33+,34-/m0/s1. The SMILES string of the molecule is CC(=O)O[C@H]1CC[C@]2(C)C3=C(CC[C@H]2C1(C)C)[C@@]1(C)CC[C@@]2(C)CC[C@@](C)(C4(C)OCCO4)C[C@H]2[C@]1(C)CC3. The molecule has 1 saturated heterocycles. The van der Waals surface area contributed by atoms with Crippen LogP contribution in [0.4, 0.5) is 0 Å². The predicted octanol–water partition coefficient (Wildman–Crippen LogP) is 8.63. The Morgan fingerprint density at radius 1 is 0.769 bits per heavy atom.